The second-order valence-electron chi connectivity index (χ2n) is 6.50. The van der Waals surface area contributed by atoms with Gasteiger partial charge in [0.25, 0.3) is 5.91 Å². The first kappa shape index (κ1) is 17.5. The number of nitriles is 1. The lowest BCUT2D eigenvalue weighted by Crippen LogP contribution is -2.20. The van der Waals surface area contributed by atoms with E-state index < -0.39 is 0 Å². The molecule has 0 spiro atoms. The lowest BCUT2D eigenvalue weighted by atomic mass is 9.89. The minimum atomic E-state index is -0.234. The number of hydrogen-bond acceptors (Lipinski definition) is 4. The Labute approximate surface area is 152 Å². The molecule has 4 nitrogen and oxygen atoms in total. The molecule has 25 heavy (non-hydrogen) atoms. The first-order valence-electron chi connectivity index (χ1n) is 8.67. The number of amides is 1. The van der Waals surface area contributed by atoms with E-state index in [-0.39, 0.29) is 12.5 Å². The molecule has 1 amide bonds. The Balaban J connectivity index is 1.64. The zero-order chi connectivity index (χ0) is 17.8. The molecule has 0 saturated heterocycles. The summed E-state index contributed by atoms with van der Waals surface area (Å²) >= 11 is 1.54. The lowest BCUT2D eigenvalue weighted by molar-refractivity contribution is -0.118. The molecule has 1 aromatic heterocycles. The van der Waals surface area contributed by atoms with Crippen molar-refractivity contribution in [3.05, 3.63) is 45.8 Å². The van der Waals surface area contributed by atoms with E-state index in [9.17, 15) is 10.1 Å². The topological polar surface area (TPSA) is 62.1 Å². The van der Waals surface area contributed by atoms with Crippen LogP contribution in [0.3, 0.4) is 0 Å². The summed E-state index contributed by atoms with van der Waals surface area (Å²) in [6, 6.07) is 10.0. The molecule has 0 radical (unpaired) electrons. The van der Waals surface area contributed by atoms with E-state index in [2.05, 4.69) is 25.2 Å². The number of thiophene rings is 1. The molecule has 1 N–H and O–H groups in total. The summed E-state index contributed by atoms with van der Waals surface area (Å²) in [5.41, 5.74) is 2.98. The average molecular weight is 354 g/mol. The van der Waals surface area contributed by atoms with E-state index >= 15 is 0 Å². The van der Waals surface area contributed by atoms with Gasteiger partial charge in [-0.15, -0.1) is 11.3 Å². The van der Waals surface area contributed by atoms with Crippen LogP contribution in [0.4, 0.5) is 5.00 Å². The number of nitrogens with zero attached hydrogens (tertiary/aromatic N) is 1. The van der Waals surface area contributed by atoms with Crippen LogP contribution in [0.2, 0.25) is 0 Å². The van der Waals surface area contributed by atoms with Crippen molar-refractivity contribution in [2.75, 3.05) is 11.9 Å². The van der Waals surface area contributed by atoms with Crippen molar-refractivity contribution in [2.45, 2.75) is 39.5 Å². The van der Waals surface area contributed by atoms with Crippen molar-refractivity contribution < 1.29 is 9.53 Å². The van der Waals surface area contributed by atoms with Gasteiger partial charge in [0.05, 0.1) is 5.56 Å². The van der Waals surface area contributed by atoms with Gasteiger partial charge in [0.15, 0.2) is 6.61 Å². The van der Waals surface area contributed by atoms with Gasteiger partial charge in [-0.3, -0.25) is 4.79 Å². The SMILES string of the molecule is CCc1ccc(OCC(=O)Nc2sc3c(c2C#N)CCC(C)C3)cc1. The summed E-state index contributed by atoms with van der Waals surface area (Å²) < 4.78 is 5.54. The fourth-order valence-electron chi connectivity index (χ4n) is 3.09. The Morgan fingerprint density at radius 3 is 2.84 bits per heavy atom. The second-order valence-corrected chi connectivity index (χ2v) is 7.61. The molecule has 0 aliphatic heterocycles. The summed E-state index contributed by atoms with van der Waals surface area (Å²) in [7, 11) is 0. The summed E-state index contributed by atoms with van der Waals surface area (Å²) in [5, 5.41) is 13.0. The molecule has 0 fully saturated rings. The van der Waals surface area contributed by atoms with E-state index in [4.69, 9.17) is 4.74 Å². The molecule has 1 unspecified atom stereocenters. The molecule has 0 saturated carbocycles. The van der Waals surface area contributed by atoms with Crippen LogP contribution in [0.1, 0.15) is 41.8 Å². The Bertz CT molecular complexity index is 802. The molecule has 3 rings (SSSR count). The standard InChI is InChI=1S/C20H22N2O2S/c1-3-14-5-7-15(8-6-14)24-12-19(23)22-20-17(11-21)16-9-4-13(2)10-18(16)25-20/h5-8,13H,3-4,9-10,12H2,1-2H3,(H,22,23). The van der Waals surface area contributed by atoms with Crippen LogP contribution in [0, 0.1) is 17.2 Å². The number of carbonyl (C=O) groups excluding carboxylic acids is 1. The number of rotatable bonds is 5. The Kier molecular flexibility index (Phi) is 5.40. The molecular formula is C20H22N2O2S. The number of ether oxygens (including phenoxy) is 1. The number of benzene rings is 1. The largest absolute Gasteiger partial charge is 0.484 e. The zero-order valence-electron chi connectivity index (χ0n) is 14.6. The van der Waals surface area contributed by atoms with Crippen molar-refractivity contribution in [2.24, 2.45) is 5.92 Å². The molecule has 1 aliphatic rings. The number of aryl methyl sites for hydroxylation is 1. The third-order valence-electron chi connectivity index (χ3n) is 4.58. The summed E-state index contributed by atoms with van der Waals surface area (Å²) in [4.78, 5) is 13.5. The van der Waals surface area contributed by atoms with E-state index in [0.29, 0.717) is 22.2 Å². The average Bonchev–Trinajstić information content (AvgIpc) is 2.96. The van der Waals surface area contributed by atoms with Crippen molar-refractivity contribution in [3.63, 3.8) is 0 Å². The number of hydrogen-bond donors (Lipinski definition) is 1. The molecule has 1 heterocycles. The van der Waals surface area contributed by atoms with Gasteiger partial charge >= 0.3 is 0 Å². The van der Waals surface area contributed by atoms with Gasteiger partial charge < -0.3 is 10.1 Å². The molecule has 1 aliphatic carbocycles. The maximum absolute atomic E-state index is 12.2. The minimum Gasteiger partial charge on any atom is -0.484 e. The van der Waals surface area contributed by atoms with E-state index in [1.165, 1.54) is 21.8 Å². The lowest BCUT2D eigenvalue weighted by Gasteiger charge is -2.17. The van der Waals surface area contributed by atoms with Crippen LogP contribution >= 0.6 is 11.3 Å². The van der Waals surface area contributed by atoms with Gasteiger partial charge in [-0.25, -0.2) is 0 Å². The quantitative estimate of drug-likeness (QED) is 0.869. The van der Waals surface area contributed by atoms with Gasteiger partial charge in [-0.2, -0.15) is 5.26 Å². The smallest absolute Gasteiger partial charge is 0.262 e. The highest BCUT2D eigenvalue weighted by molar-refractivity contribution is 7.16. The predicted molar refractivity (Wildman–Crippen MR) is 100 cm³/mol. The highest BCUT2D eigenvalue weighted by Gasteiger charge is 2.24. The second kappa shape index (κ2) is 7.71. The van der Waals surface area contributed by atoms with Gasteiger partial charge in [0.2, 0.25) is 0 Å². The maximum Gasteiger partial charge on any atom is 0.262 e. The van der Waals surface area contributed by atoms with E-state index in [1.54, 1.807) is 0 Å². The molecule has 2 aromatic rings. The third kappa shape index (κ3) is 4.02. The highest BCUT2D eigenvalue weighted by Crippen LogP contribution is 2.39. The number of carbonyl (C=O) groups is 1. The molecule has 130 valence electrons. The number of anilines is 1. The zero-order valence-corrected chi connectivity index (χ0v) is 15.4. The van der Waals surface area contributed by atoms with Gasteiger partial charge in [-0.1, -0.05) is 26.0 Å². The van der Waals surface area contributed by atoms with Crippen molar-refractivity contribution in [3.8, 4) is 11.8 Å². The van der Waals surface area contributed by atoms with Crippen LogP contribution in [0.5, 0.6) is 5.75 Å². The van der Waals surface area contributed by atoms with E-state index in [1.807, 2.05) is 24.3 Å². The van der Waals surface area contributed by atoms with Crippen LogP contribution in [0.25, 0.3) is 0 Å². The molecule has 1 atom stereocenters. The first-order valence-corrected chi connectivity index (χ1v) is 9.48. The fraction of sp³-hybridized carbons (Fsp3) is 0.400. The third-order valence-corrected chi connectivity index (χ3v) is 5.75. The van der Waals surface area contributed by atoms with Crippen molar-refractivity contribution in [1.82, 2.24) is 0 Å². The van der Waals surface area contributed by atoms with Gasteiger partial charge in [0.1, 0.15) is 16.8 Å². The van der Waals surface area contributed by atoms with Crippen molar-refractivity contribution in [1.29, 1.82) is 5.26 Å². The van der Waals surface area contributed by atoms with Crippen LogP contribution in [-0.4, -0.2) is 12.5 Å². The fourth-order valence-corrected chi connectivity index (χ4v) is 4.47. The minimum absolute atomic E-state index is 0.0602. The maximum atomic E-state index is 12.2. The highest BCUT2D eigenvalue weighted by atomic mass is 32.1. The van der Waals surface area contributed by atoms with Crippen molar-refractivity contribution >= 4 is 22.2 Å². The molecule has 0 bridgehead atoms. The molecule has 1 aromatic carbocycles. The first-order chi connectivity index (χ1) is 12.1. The summed E-state index contributed by atoms with van der Waals surface area (Å²) in [6.07, 6.45) is 3.99. The number of nitrogens with one attached hydrogen (secondary N) is 1. The number of fused-ring (bicyclic) bond motifs is 1. The normalized spacial score (nSPS) is 16.0. The Morgan fingerprint density at radius 1 is 1.40 bits per heavy atom. The van der Waals surface area contributed by atoms with Crippen LogP contribution in [-0.2, 0) is 24.1 Å². The molecular weight excluding hydrogens is 332 g/mol. The molecule has 5 heteroatoms. The van der Waals surface area contributed by atoms with Gasteiger partial charge in [-0.05, 0) is 54.9 Å². The monoisotopic (exact) mass is 354 g/mol. The Hall–Kier alpha value is -2.32. The van der Waals surface area contributed by atoms with Crippen LogP contribution in [0.15, 0.2) is 24.3 Å². The summed E-state index contributed by atoms with van der Waals surface area (Å²) in [5.74, 6) is 1.07. The van der Waals surface area contributed by atoms with Gasteiger partial charge in [0, 0.05) is 4.88 Å². The van der Waals surface area contributed by atoms with Crippen LogP contribution < -0.4 is 10.1 Å². The Morgan fingerprint density at radius 2 is 2.16 bits per heavy atom. The summed E-state index contributed by atoms with van der Waals surface area (Å²) in [6.45, 7) is 4.26. The van der Waals surface area contributed by atoms with E-state index in [0.717, 1.165) is 31.2 Å². The predicted octanol–water partition coefficient (Wildman–Crippen LogP) is 4.32.